The van der Waals surface area contributed by atoms with E-state index in [4.69, 9.17) is 0 Å². The molecule has 0 fully saturated rings. The maximum atomic E-state index is 9.87. The fourth-order valence-corrected chi connectivity index (χ4v) is 1.30. The summed E-state index contributed by atoms with van der Waals surface area (Å²) in [5.41, 5.74) is 2.48. The molecule has 0 spiro atoms. The molecular formula is C12H18N2O. The molecule has 15 heavy (non-hydrogen) atoms. The molecule has 3 nitrogen and oxygen atoms in total. The summed E-state index contributed by atoms with van der Waals surface area (Å²) in [5.74, 6) is 0.249. The Balaban J connectivity index is 3.18. The Morgan fingerprint density at radius 2 is 2.20 bits per heavy atom. The van der Waals surface area contributed by atoms with Gasteiger partial charge in [0.1, 0.15) is 5.75 Å². The van der Waals surface area contributed by atoms with Crippen molar-refractivity contribution in [3.8, 4) is 5.75 Å². The Hall–Kier alpha value is -1.38. The van der Waals surface area contributed by atoms with Gasteiger partial charge in [0.2, 0.25) is 0 Å². The molecule has 0 saturated heterocycles. The SMILES string of the molecule is CCc1cnc(C)c(O)c1/C=N\C(C)C. The second kappa shape index (κ2) is 4.91. The molecule has 1 rings (SSSR count). The van der Waals surface area contributed by atoms with Gasteiger partial charge in [0.15, 0.2) is 0 Å². The lowest BCUT2D eigenvalue weighted by Gasteiger charge is -2.07. The topological polar surface area (TPSA) is 45.5 Å². The standard InChI is InChI=1S/C12H18N2O/c1-5-10-6-14-9(4)12(15)11(10)7-13-8(2)3/h6-8,15H,5H2,1-4H3/b13-7-. The van der Waals surface area contributed by atoms with Crippen LogP contribution >= 0.6 is 0 Å². The fraction of sp³-hybridized carbons (Fsp3) is 0.500. The summed E-state index contributed by atoms with van der Waals surface area (Å²) >= 11 is 0. The molecule has 1 aromatic rings. The van der Waals surface area contributed by atoms with Gasteiger partial charge in [-0.05, 0) is 32.8 Å². The van der Waals surface area contributed by atoms with Crippen molar-refractivity contribution >= 4 is 6.21 Å². The molecule has 82 valence electrons. The third kappa shape index (κ3) is 2.78. The van der Waals surface area contributed by atoms with E-state index < -0.39 is 0 Å². The van der Waals surface area contributed by atoms with Crippen LogP contribution in [0.15, 0.2) is 11.2 Å². The summed E-state index contributed by atoms with van der Waals surface area (Å²) in [4.78, 5) is 8.42. The summed E-state index contributed by atoms with van der Waals surface area (Å²) in [6, 6.07) is 0.238. The van der Waals surface area contributed by atoms with Crippen molar-refractivity contribution in [1.82, 2.24) is 4.98 Å². The van der Waals surface area contributed by atoms with Crippen molar-refractivity contribution in [2.24, 2.45) is 4.99 Å². The molecule has 0 aliphatic heterocycles. The van der Waals surface area contributed by atoms with Crippen LogP contribution in [0.5, 0.6) is 5.75 Å². The number of aryl methyl sites for hydroxylation is 2. The Labute approximate surface area is 90.9 Å². The van der Waals surface area contributed by atoms with Crippen molar-refractivity contribution in [2.75, 3.05) is 0 Å². The first-order chi connectivity index (χ1) is 7.06. The van der Waals surface area contributed by atoms with Crippen molar-refractivity contribution in [3.63, 3.8) is 0 Å². The van der Waals surface area contributed by atoms with Crippen LogP contribution in [0.2, 0.25) is 0 Å². The normalized spacial score (nSPS) is 11.5. The lowest BCUT2D eigenvalue weighted by molar-refractivity contribution is 0.466. The first-order valence-corrected chi connectivity index (χ1v) is 5.26. The molecular weight excluding hydrogens is 188 g/mol. The van der Waals surface area contributed by atoms with Crippen molar-refractivity contribution < 1.29 is 5.11 Å². The van der Waals surface area contributed by atoms with Crippen LogP contribution in [0.1, 0.15) is 37.6 Å². The molecule has 0 atom stereocenters. The van der Waals surface area contributed by atoms with Crippen LogP contribution in [0.25, 0.3) is 0 Å². The average Bonchev–Trinajstić information content (AvgIpc) is 2.20. The average molecular weight is 206 g/mol. The van der Waals surface area contributed by atoms with Crippen LogP contribution < -0.4 is 0 Å². The predicted octanol–water partition coefficient (Wildman–Crippen LogP) is 2.49. The van der Waals surface area contributed by atoms with Gasteiger partial charge in [-0.25, -0.2) is 0 Å². The minimum atomic E-state index is 0.238. The number of hydrogen-bond acceptors (Lipinski definition) is 3. The van der Waals surface area contributed by atoms with Crippen molar-refractivity contribution in [3.05, 3.63) is 23.0 Å². The van der Waals surface area contributed by atoms with Crippen LogP contribution in [0.4, 0.5) is 0 Å². The molecule has 0 aliphatic rings. The van der Waals surface area contributed by atoms with E-state index in [-0.39, 0.29) is 11.8 Å². The summed E-state index contributed by atoms with van der Waals surface area (Å²) < 4.78 is 0. The molecule has 0 unspecified atom stereocenters. The minimum Gasteiger partial charge on any atom is -0.505 e. The Kier molecular flexibility index (Phi) is 3.83. The van der Waals surface area contributed by atoms with E-state index in [9.17, 15) is 5.11 Å². The van der Waals surface area contributed by atoms with Gasteiger partial charge in [0.25, 0.3) is 0 Å². The largest absolute Gasteiger partial charge is 0.505 e. The number of aliphatic imine (C=N–C) groups is 1. The second-order valence-corrected chi connectivity index (χ2v) is 3.86. The van der Waals surface area contributed by atoms with Gasteiger partial charge in [-0.1, -0.05) is 6.92 Å². The molecule has 0 radical (unpaired) electrons. The number of aromatic nitrogens is 1. The number of nitrogens with zero attached hydrogens (tertiary/aromatic N) is 2. The number of hydrogen-bond donors (Lipinski definition) is 1. The molecule has 1 heterocycles. The fourth-order valence-electron chi connectivity index (χ4n) is 1.30. The van der Waals surface area contributed by atoms with Crippen LogP contribution in [-0.2, 0) is 6.42 Å². The van der Waals surface area contributed by atoms with E-state index in [1.54, 1.807) is 19.3 Å². The first-order valence-electron chi connectivity index (χ1n) is 5.26. The molecule has 0 aromatic carbocycles. The zero-order valence-electron chi connectivity index (χ0n) is 9.78. The molecule has 0 amide bonds. The minimum absolute atomic E-state index is 0.238. The maximum absolute atomic E-state index is 9.87. The number of rotatable bonds is 3. The molecule has 0 bridgehead atoms. The monoisotopic (exact) mass is 206 g/mol. The predicted molar refractivity (Wildman–Crippen MR) is 62.7 cm³/mol. The third-order valence-electron chi connectivity index (χ3n) is 2.24. The van der Waals surface area contributed by atoms with Crippen molar-refractivity contribution in [1.29, 1.82) is 0 Å². The zero-order valence-corrected chi connectivity index (χ0v) is 9.78. The number of aromatic hydroxyl groups is 1. The van der Waals surface area contributed by atoms with E-state index >= 15 is 0 Å². The van der Waals surface area contributed by atoms with Gasteiger partial charge in [-0.2, -0.15) is 0 Å². The van der Waals surface area contributed by atoms with Gasteiger partial charge in [-0.15, -0.1) is 0 Å². The van der Waals surface area contributed by atoms with Gasteiger partial charge >= 0.3 is 0 Å². The lowest BCUT2D eigenvalue weighted by Crippen LogP contribution is -1.98. The molecule has 0 aliphatic carbocycles. The lowest BCUT2D eigenvalue weighted by atomic mass is 10.1. The summed E-state index contributed by atoms with van der Waals surface area (Å²) in [6.45, 7) is 7.85. The highest BCUT2D eigenvalue weighted by Gasteiger charge is 2.08. The number of pyridine rings is 1. The van der Waals surface area contributed by atoms with E-state index in [1.807, 2.05) is 20.8 Å². The second-order valence-electron chi connectivity index (χ2n) is 3.86. The Bertz CT molecular complexity index is 370. The van der Waals surface area contributed by atoms with Gasteiger partial charge in [-0.3, -0.25) is 9.98 Å². The highest BCUT2D eigenvalue weighted by Crippen LogP contribution is 2.22. The van der Waals surface area contributed by atoms with E-state index in [0.717, 1.165) is 17.5 Å². The van der Waals surface area contributed by atoms with Gasteiger partial charge < -0.3 is 5.11 Å². The van der Waals surface area contributed by atoms with Crippen LogP contribution in [0, 0.1) is 6.92 Å². The highest BCUT2D eigenvalue weighted by atomic mass is 16.3. The molecule has 3 heteroatoms. The molecule has 0 saturated carbocycles. The zero-order chi connectivity index (χ0) is 11.4. The maximum Gasteiger partial charge on any atom is 0.145 e. The van der Waals surface area contributed by atoms with E-state index in [1.165, 1.54) is 0 Å². The Morgan fingerprint density at radius 3 is 2.73 bits per heavy atom. The molecule has 1 N–H and O–H groups in total. The third-order valence-corrected chi connectivity index (χ3v) is 2.24. The van der Waals surface area contributed by atoms with Gasteiger partial charge in [0.05, 0.1) is 5.69 Å². The smallest absolute Gasteiger partial charge is 0.145 e. The Morgan fingerprint density at radius 1 is 1.53 bits per heavy atom. The van der Waals surface area contributed by atoms with Crippen LogP contribution in [0.3, 0.4) is 0 Å². The highest BCUT2D eigenvalue weighted by molar-refractivity contribution is 5.85. The summed E-state index contributed by atoms with van der Waals surface area (Å²) in [6.07, 6.45) is 4.39. The summed E-state index contributed by atoms with van der Waals surface area (Å²) in [7, 11) is 0. The van der Waals surface area contributed by atoms with Gasteiger partial charge in [0, 0.05) is 24.0 Å². The van der Waals surface area contributed by atoms with Crippen molar-refractivity contribution in [2.45, 2.75) is 40.2 Å². The van der Waals surface area contributed by atoms with E-state index in [0.29, 0.717) is 5.69 Å². The molecule has 1 aromatic heterocycles. The quantitative estimate of drug-likeness (QED) is 0.772. The first kappa shape index (κ1) is 11.7. The van der Waals surface area contributed by atoms with E-state index in [2.05, 4.69) is 9.98 Å². The summed E-state index contributed by atoms with van der Waals surface area (Å²) in [5, 5.41) is 9.87. The van der Waals surface area contributed by atoms with Crippen LogP contribution in [-0.4, -0.2) is 22.3 Å².